The SMILES string of the molecule is NCC(F)(F)CNC(=O)c1cccc(OCc2cccnc2)c1. The third-order valence-corrected chi connectivity index (χ3v) is 3.03. The van der Waals surface area contributed by atoms with Gasteiger partial charge in [-0.05, 0) is 24.3 Å². The molecular formula is C16H17F2N3O2. The molecule has 2 aromatic rings. The number of amides is 1. The predicted octanol–water partition coefficient (Wildman–Crippen LogP) is 1.98. The Morgan fingerprint density at radius 2 is 2.13 bits per heavy atom. The molecule has 0 saturated carbocycles. The summed E-state index contributed by atoms with van der Waals surface area (Å²) in [7, 11) is 0. The van der Waals surface area contributed by atoms with Gasteiger partial charge in [-0.1, -0.05) is 12.1 Å². The van der Waals surface area contributed by atoms with Crippen molar-refractivity contribution in [1.82, 2.24) is 10.3 Å². The van der Waals surface area contributed by atoms with Crippen molar-refractivity contribution in [2.75, 3.05) is 13.1 Å². The van der Waals surface area contributed by atoms with Gasteiger partial charge in [-0.2, -0.15) is 0 Å². The van der Waals surface area contributed by atoms with E-state index in [4.69, 9.17) is 10.5 Å². The molecule has 1 aromatic carbocycles. The molecule has 0 unspecified atom stereocenters. The molecule has 0 aliphatic carbocycles. The summed E-state index contributed by atoms with van der Waals surface area (Å²) >= 11 is 0. The molecule has 23 heavy (non-hydrogen) atoms. The molecule has 0 bridgehead atoms. The highest BCUT2D eigenvalue weighted by Crippen LogP contribution is 2.16. The average molecular weight is 321 g/mol. The maximum absolute atomic E-state index is 13.0. The van der Waals surface area contributed by atoms with Crippen LogP contribution in [0.5, 0.6) is 5.75 Å². The van der Waals surface area contributed by atoms with Crippen molar-refractivity contribution in [2.24, 2.45) is 5.73 Å². The van der Waals surface area contributed by atoms with E-state index in [0.717, 1.165) is 5.56 Å². The average Bonchev–Trinajstić information content (AvgIpc) is 2.59. The Hall–Kier alpha value is -2.54. The Labute approximate surface area is 132 Å². The van der Waals surface area contributed by atoms with Crippen LogP contribution >= 0.6 is 0 Å². The van der Waals surface area contributed by atoms with E-state index in [1.165, 1.54) is 12.1 Å². The van der Waals surface area contributed by atoms with E-state index in [9.17, 15) is 13.6 Å². The number of alkyl halides is 2. The van der Waals surface area contributed by atoms with Gasteiger partial charge in [0.05, 0.1) is 13.1 Å². The normalized spacial score (nSPS) is 11.1. The van der Waals surface area contributed by atoms with Crippen molar-refractivity contribution in [3.05, 3.63) is 59.9 Å². The van der Waals surface area contributed by atoms with Gasteiger partial charge in [0.15, 0.2) is 0 Å². The molecule has 122 valence electrons. The van der Waals surface area contributed by atoms with Crippen molar-refractivity contribution >= 4 is 5.91 Å². The number of pyridine rings is 1. The van der Waals surface area contributed by atoms with Crippen molar-refractivity contribution in [1.29, 1.82) is 0 Å². The van der Waals surface area contributed by atoms with Gasteiger partial charge in [-0.25, -0.2) is 8.78 Å². The summed E-state index contributed by atoms with van der Waals surface area (Å²) in [6, 6.07) is 9.97. The lowest BCUT2D eigenvalue weighted by atomic mass is 10.2. The third-order valence-electron chi connectivity index (χ3n) is 3.03. The minimum atomic E-state index is -3.12. The molecule has 0 radical (unpaired) electrons. The number of hydrogen-bond donors (Lipinski definition) is 2. The fraction of sp³-hybridized carbons (Fsp3) is 0.250. The molecule has 0 spiro atoms. The first-order valence-electron chi connectivity index (χ1n) is 6.98. The quantitative estimate of drug-likeness (QED) is 0.817. The van der Waals surface area contributed by atoms with Gasteiger partial charge in [0.1, 0.15) is 12.4 Å². The van der Waals surface area contributed by atoms with E-state index >= 15 is 0 Å². The number of aromatic nitrogens is 1. The zero-order valence-corrected chi connectivity index (χ0v) is 12.3. The molecule has 3 N–H and O–H groups in total. The van der Waals surface area contributed by atoms with Gasteiger partial charge in [0.25, 0.3) is 11.8 Å². The molecule has 7 heteroatoms. The lowest BCUT2D eigenvalue weighted by Gasteiger charge is -2.14. The highest BCUT2D eigenvalue weighted by molar-refractivity contribution is 5.94. The summed E-state index contributed by atoms with van der Waals surface area (Å²) in [6.07, 6.45) is 3.33. The third kappa shape index (κ3) is 5.30. The van der Waals surface area contributed by atoms with E-state index in [1.54, 1.807) is 30.6 Å². The van der Waals surface area contributed by atoms with Crippen molar-refractivity contribution in [3.8, 4) is 5.75 Å². The number of nitrogens with one attached hydrogen (secondary N) is 1. The summed E-state index contributed by atoms with van der Waals surface area (Å²) in [4.78, 5) is 15.9. The summed E-state index contributed by atoms with van der Waals surface area (Å²) in [5.41, 5.74) is 6.04. The van der Waals surface area contributed by atoms with Crippen LogP contribution in [0.25, 0.3) is 0 Å². The van der Waals surface area contributed by atoms with Crippen molar-refractivity contribution in [2.45, 2.75) is 12.5 Å². The number of benzene rings is 1. The monoisotopic (exact) mass is 321 g/mol. The van der Waals surface area contributed by atoms with E-state index in [-0.39, 0.29) is 5.56 Å². The number of hydrogen-bond acceptors (Lipinski definition) is 4. The Morgan fingerprint density at radius 1 is 1.30 bits per heavy atom. The highest BCUT2D eigenvalue weighted by Gasteiger charge is 2.27. The largest absolute Gasteiger partial charge is 0.489 e. The molecule has 5 nitrogen and oxygen atoms in total. The first-order chi connectivity index (χ1) is 11.0. The highest BCUT2D eigenvalue weighted by atomic mass is 19.3. The predicted molar refractivity (Wildman–Crippen MR) is 81.3 cm³/mol. The molecule has 1 heterocycles. The smallest absolute Gasteiger partial charge is 0.277 e. The zero-order chi connectivity index (χ0) is 16.7. The molecule has 2 rings (SSSR count). The minimum Gasteiger partial charge on any atom is -0.489 e. The van der Waals surface area contributed by atoms with Crippen LogP contribution in [0, 0.1) is 0 Å². The van der Waals surface area contributed by atoms with Gasteiger partial charge >= 0.3 is 0 Å². The van der Waals surface area contributed by atoms with E-state index in [2.05, 4.69) is 10.3 Å². The van der Waals surface area contributed by atoms with Gasteiger partial charge < -0.3 is 15.8 Å². The fourth-order valence-electron chi connectivity index (χ4n) is 1.76. The molecule has 0 atom stereocenters. The molecule has 0 aliphatic rings. The maximum atomic E-state index is 13.0. The maximum Gasteiger partial charge on any atom is 0.277 e. The van der Waals surface area contributed by atoms with Gasteiger partial charge in [-0.15, -0.1) is 0 Å². The molecule has 0 fully saturated rings. The number of halogens is 2. The van der Waals surface area contributed by atoms with E-state index < -0.39 is 24.9 Å². The Balaban J connectivity index is 1.95. The Morgan fingerprint density at radius 3 is 2.83 bits per heavy atom. The number of ether oxygens (including phenoxy) is 1. The zero-order valence-electron chi connectivity index (χ0n) is 12.3. The Kier molecular flexibility index (Phi) is 5.59. The lowest BCUT2D eigenvalue weighted by Crippen LogP contribution is -2.41. The van der Waals surface area contributed by atoms with Crippen LogP contribution in [0.3, 0.4) is 0 Å². The standard InChI is InChI=1S/C16H17F2N3O2/c17-16(18,10-19)11-21-15(22)13-4-1-5-14(7-13)23-9-12-3-2-6-20-8-12/h1-8H,9-11,19H2,(H,21,22). The lowest BCUT2D eigenvalue weighted by molar-refractivity contribution is 0.0118. The van der Waals surface area contributed by atoms with Crippen LogP contribution in [0.15, 0.2) is 48.8 Å². The number of nitrogens with two attached hydrogens (primary N) is 1. The van der Waals surface area contributed by atoms with Gasteiger partial charge in [0.2, 0.25) is 0 Å². The second-order valence-corrected chi connectivity index (χ2v) is 4.92. The summed E-state index contributed by atoms with van der Waals surface area (Å²) in [5.74, 6) is -3.26. The second kappa shape index (κ2) is 7.64. The van der Waals surface area contributed by atoms with Crippen LogP contribution in [-0.4, -0.2) is 29.9 Å². The Bertz CT molecular complexity index is 651. The van der Waals surface area contributed by atoms with E-state index in [0.29, 0.717) is 12.4 Å². The second-order valence-electron chi connectivity index (χ2n) is 4.92. The summed E-state index contributed by atoms with van der Waals surface area (Å²) < 4.78 is 31.7. The molecular weight excluding hydrogens is 304 g/mol. The number of nitrogens with zero attached hydrogens (tertiary/aromatic N) is 1. The first kappa shape index (κ1) is 16.8. The topological polar surface area (TPSA) is 77.2 Å². The molecule has 1 aromatic heterocycles. The number of rotatable bonds is 7. The number of carbonyl (C=O) groups is 1. The van der Waals surface area contributed by atoms with Crippen LogP contribution in [0.1, 0.15) is 15.9 Å². The van der Waals surface area contributed by atoms with Gasteiger partial charge in [-0.3, -0.25) is 9.78 Å². The van der Waals surface area contributed by atoms with E-state index in [1.807, 2.05) is 6.07 Å². The fourth-order valence-corrected chi connectivity index (χ4v) is 1.76. The molecule has 0 aliphatic heterocycles. The van der Waals surface area contributed by atoms with Gasteiger partial charge in [0, 0.05) is 23.5 Å². The van der Waals surface area contributed by atoms with Crippen LogP contribution in [0.2, 0.25) is 0 Å². The van der Waals surface area contributed by atoms with Crippen molar-refractivity contribution in [3.63, 3.8) is 0 Å². The minimum absolute atomic E-state index is 0.238. The van der Waals surface area contributed by atoms with Crippen LogP contribution in [-0.2, 0) is 6.61 Å². The number of carbonyl (C=O) groups excluding carboxylic acids is 1. The van der Waals surface area contributed by atoms with Crippen LogP contribution in [0.4, 0.5) is 8.78 Å². The summed E-state index contributed by atoms with van der Waals surface area (Å²) in [5, 5.41) is 2.16. The molecule has 1 amide bonds. The first-order valence-corrected chi connectivity index (χ1v) is 6.98. The van der Waals surface area contributed by atoms with Crippen molar-refractivity contribution < 1.29 is 18.3 Å². The van der Waals surface area contributed by atoms with Crippen LogP contribution < -0.4 is 15.8 Å². The summed E-state index contributed by atoms with van der Waals surface area (Å²) in [6.45, 7) is -1.32. The molecule has 0 saturated heterocycles.